The summed E-state index contributed by atoms with van der Waals surface area (Å²) in [7, 11) is -3.65. The van der Waals surface area contributed by atoms with Crippen molar-refractivity contribution in [2.75, 3.05) is 31.3 Å². The number of sulfonamides is 1. The molecule has 1 aliphatic heterocycles. The van der Waals surface area contributed by atoms with Gasteiger partial charge in [-0.25, -0.2) is 18.1 Å². The maximum atomic E-state index is 12.6. The lowest BCUT2D eigenvalue weighted by Gasteiger charge is -2.28. The summed E-state index contributed by atoms with van der Waals surface area (Å²) in [5.41, 5.74) is 0.896. The lowest BCUT2D eigenvalue weighted by molar-refractivity contribution is -0.0358. The van der Waals surface area contributed by atoms with E-state index >= 15 is 0 Å². The molecule has 0 saturated carbocycles. The molecule has 2 N–H and O–H groups in total. The molecule has 0 spiro atoms. The molecule has 0 radical (unpaired) electrons. The first-order valence-electron chi connectivity index (χ1n) is 8.29. The van der Waals surface area contributed by atoms with Crippen LogP contribution in [0.3, 0.4) is 0 Å². The normalized spacial score (nSPS) is 20.5. The monoisotopic (exact) mass is 398 g/mol. The molecule has 2 heterocycles. The number of oxazole rings is 1. The number of aliphatic hydroxyl groups is 1. The van der Waals surface area contributed by atoms with Gasteiger partial charge in [-0.05, 0) is 24.3 Å². The predicted octanol–water partition coefficient (Wildman–Crippen LogP) is 1.81. The highest BCUT2D eigenvalue weighted by atomic mass is 32.2. The Morgan fingerprint density at radius 3 is 2.73 bits per heavy atom. The third-order valence-corrected chi connectivity index (χ3v) is 6.87. The first kappa shape index (κ1) is 19.4. The second-order valence-electron chi connectivity index (χ2n) is 6.16. The van der Waals surface area contributed by atoms with Crippen LogP contribution in [-0.4, -0.2) is 55.4 Å². The van der Waals surface area contributed by atoms with Crippen LogP contribution in [0.5, 0.6) is 0 Å². The molecule has 0 aliphatic carbocycles. The fourth-order valence-electron chi connectivity index (χ4n) is 2.77. The van der Waals surface area contributed by atoms with Crippen LogP contribution in [0.1, 0.15) is 12.3 Å². The predicted molar refractivity (Wildman–Crippen MR) is 99.6 cm³/mol. The number of aromatic nitrogens is 1. The Morgan fingerprint density at radius 2 is 2.15 bits per heavy atom. The second kappa shape index (κ2) is 8.10. The molecule has 1 aliphatic rings. The van der Waals surface area contributed by atoms with E-state index in [0.717, 1.165) is 17.7 Å². The zero-order valence-corrected chi connectivity index (χ0v) is 16.1. The molecule has 1 aromatic heterocycles. The van der Waals surface area contributed by atoms with E-state index in [1.807, 2.05) is 0 Å². The van der Waals surface area contributed by atoms with Crippen LogP contribution in [0.25, 0.3) is 11.3 Å². The summed E-state index contributed by atoms with van der Waals surface area (Å²) < 4.78 is 38.8. The summed E-state index contributed by atoms with van der Waals surface area (Å²) in [6.45, 7) is 2.06. The average Bonchev–Trinajstić information content (AvgIpc) is 3.28. The highest BCUT2D eigenvalue weighted by Gasteiger charge is 2.36. The zero-order valence-electron chi connectivity index (χ0n) is 14.5. The first-order chi connectivity index (χ1) is 12.4. The van der Waals surface area contributed by atoms with Crippen molar-refractivity contribution in [3.8, 4) is 11.3 Å². The van der Waals surface area contributed by atoms with Gasteiger partial charge in [-0.15, -0.1) is 0 Å². The Balaban J connectivity index is 1.69. The Morgan fingerprint density at radius 1 is 1.38 bits per heavy atom. The van der Waals surface area contributed by atoms with Crippen molar-refractivity contribution in [1.29, 1.82) is 0 Å². The fraction of sp³-hybridized carbons (Fsp3) is 0.471. The molecule has 1 unspecified atom stereocenters. The smallest absolute Gasteiger partial charge is 0.240 e. The van der Waals surface area contributed by atoms with E-state index in [9.17, 15) is 8.42 Å². The van der Waals surface area contributed by atoms with Crippen molar-refractivity contribution < 1.29 is 22.7 Å². The number of thioether (sulfide) groups is 1. The van der Waals surface area contributed by atoms with E-state index < -0.39 is 15.6 Å². The van der Waals surface area contributed by atoms with Crippen LogP contribution in [0.15, 0.2) is 39.8 Å². The number of rotatable bonds is 8. The van der Waals surface area contributed by atoms with Gasteiger partial charge in [0.25, 0.3) is 0 Å². The molecular formula is C17H22N2O5S2. The summed E-state index contributed by atoms with van der Waals surface area (Å²) in [4.78, 5) is 4.41. The third kappa shape index (κ3) is 4.47. The maximum absolute atomic E-state index is 12.6. The quantitative estimate of drug-likeness (QED) is 0.699. The summed E-state index contributed by atoms with van der Waals surface area (Å²) >= 11 is 1.72. The minimum Gasteiger partial charge on any atom is -0.449 e. The van der Waals surface area contributed by atoms with Gasteiger partial charge in [0.05, 0.1) is 23.7 Å². The third-order valence-electron chi connectivity index (χ3n) is 4.23. The lowest BCUT2D eigenvalue weighted by Crippen LogP contribution is -2.45. The number of benzene rings is 1. The van der Waals surface area contributed by atoms with Crippen molar-refractivity contribution >= 4 is 21.8 Å². The molecule has 0 amide bonds. The van der Waals surface area contributed by atoms with Gasteiger partial charge in [0.1, 0.15) is 12.0 Å². The zero-order chi connectivity index (χ0) is 18.6. The lowest BCUT2D eigenvalue weighted by atomic mass is 10.0. The summed E-state index contributed by atoms with van der Waals surface area (Å²) in [6, 6.07) is 6.50. The van der Waals surface area contributed by atoms with E-state index in [1.165, 1.54) is 6.26 Å². The van der Waals surface area contributed by atoms with Gasteiger partial charge in [-0.3, -0.25) is 0 Å². The molecule has 3 rings (SSSR count). The molecule has 142 valence electrons. The summed E-state index contributed by atoms with van der Waals surface area (Å²) in [5.74, 6) is 2.18. The Kier molecular flexibility index (Phi) is 6.03. The SMILES string of the molecule is Cc1nc(-c2ccc(S(=O)(=O)NCC3(OCCO)CCSC3)cc2)co1. The van der Waals surface area contributed by atoms with Crippen LogP contribution in [0, 0.1) is 6.92 Å². The fourth-order valence-corrected chi connectivity index (χ4v) is 5.24. The van der Waals surface area contributed by atoms with Crippen molar-refractivity contribution in [1.82, 2.24) is 9.71 Å². The molecule has 1 aromatic carbocycles. The Labute approximate surface area is 157 Å². The van der Waals surface area contributed by atoms with Crippen molar-refractivity contribution in [3.63, 3.8) is 0 Å². The Bertz CT molecular complexity index is 827. The van der Waals surface area contributed by atoms with Crippen LogP contribution in [0.2, 0.25) is 0 Å². The number of hydrogen-bond acceptors (Lipinski definition) is 7. The molecule has 1 saturated heterocycles. The standard InChI is InChI=1S/C17H22N2O5S2/c1-13-19-16(10-23-13)14-2-4-15(5-3-14)26(21,22)18-11-17(24-8-7-20)6-9-25-12-17/h2-5,10,18,20H,6-9,11-12H2,1H3. The van der Waals surface area contributed by atoms with Crippen LogP contribution in [0.4, 0.5) is 0 Å². The van der Waals surface area contributed by atoms with E-state index in [0.29, 0.717) is 17.3 Å². The number of nitrogens with one attached hydrogen (secondary N) is 1. The molecule has 7 nitrogen and oxygen atoms in total. The molecule has 1 atom stereocenters. The van der Waals surface area contributed by atoms with Gasteiger partial charge in [-0.2, -0.15) is 11.8 Å². The van der Waals surface area contributed by atoms with Crippen molar-refractivity contribution in [2.24, 2.45) is 0 Å². The van der Waals surface area contributed by atoms with Crippen LogP contribution >= 0.6 is 11.8 Å². The molecule has 2 aromatic rings. The topological polar surface area (TPSA) is 102 Å². The molecule has 26 heavy (non-hydrogen) atoms. The minimum atomic E-state index is -3.65. The number of aryl methyl sites for hydroxylation is 1. The van der Waals surface area contributed by atoms with Gasteiger partial charge in [0.2, 0.25) is 10.0 Å². The number of aliphatic hydroxyl groups excluding tert-OH is 1. The van der Waals surface area contributed by atoms with Crippen LogP contribution < -0.4 is 4.72 Å². The number of nitrogens with zero attached hydrogens (tertiary/aromatic N) is 1. The second-order valence-corrected chi connectivity index (χ2v) is 9.03. The number of ether oxygens (including phenoxy) is 1. The summed E-state index contributed by atoms with van der Waals surface area (Å²) in [6.07, 6.45) is 2.29. The van der Waals surface area contributed by atoms with Crippen molar-refractivity contribution in [2.45, 2.75) is 23.8 Å². The average molecular weight is 399 g/mol. The molecule has 1 fully saturated rings. The van der Waals surface area contributed by atoms with Gasteiger partial charge in [-0.1, -0.05) is 12.1 Å². The van der Waals surface area contributed by atoms with Crippen LogP contribution in [-0.2, 0) is 14.8 Å². The molecule has 0 bridgehead atoms. The van der Waals surface area contributed by atoms with Gasteiger partial charge in [0.15, 0.2) is 5.89 Å². The van der Waals surface area contributed by atoms with E-state index in [1.54, 1.807) is 43.0 Å². The van der Waals surface area contributed by atoms with Crippen molar-refractivity contribution in [3.05, 3.63) is 36.4 Å². The van der Waals surface area contributed by atoms with Gasteiger partial charge >= 0.3 is 0 Å². The largest absolute Gasteiger partial charge is 0.449 e. The molecule has 9 heteroatoms. The summed E-state index contributed by atoms with van der Waals surface area (Å²) in [5, 5.41) is 8.99. The highest BCUT2D eigenvalue weighted by molar-refractivity contribution is 7.99. The first-order valence-corrected chi connectivity index (χ1v) is 10.9. The number of hydrogen-bond donors (Lipinski definition) is 2. The van der Waals surface area contributed by atoms with E-state index in [-0.39, 0.29) is 24.7 Å². The highest BCUT2D eigenvalue weighted by Crippen LogP contribution is 2.31. The van der Waals surface area contributed by atoms with E-state index in [4.69, 9.17) is 14.3 Å². The molecular weight excluding hydrogens is 376 g/mol. The Hall–Kier alpha value is -1.39. The maximum Gasteiger partial charge on any atom is 0.240 e. The van der Waals surface area contributed by atoms with Gasteiger partial charge in [0, 0.05) is 24.8 Å². The minimum absolute atomic E-state index is 0.0812. The van der Waals surface area contributed by atoms with Gasteiger partial charge < -0.3 is 14.3 Å². The van der Waals surface area contributed by atoms with E-state index in [2.05, 4.69) is 9.71 Å².